The van der Waals surface area contributed by atoms with Crippen LogP contribution in [-0.2, 0) is 6.42 Å². The molecule has 0 bridgehead atoms. The molecule has 0 amide bonds. The molecule has 94 valence electrons. The Morgan fingerprint density at radius 1 is 1.28 bits per heavy atom. The third-order valence-corrected chi connectivity index (χ3v) is 3.03. The van der Waals surface area contributed by atoms with Crippen molar-refractivity contribution >= 4 is 17.4 Å². The maximum atomic E-state index is 6.14. The number of benzene rings is 1. The molecular formula is C14H16ClN3. The average molecular weight is 262 g/mol. The van der Waals surface area contributed by atoms with E-state index in [9.17, 15) is 0 Å². The Morgan fingerprint density at radius 3 is 2.78 bits per heavy atom. The summed E-state index contributed by atoms with van der Waals surface area (Å²) >= 11 is 6.14. The second-order valence-corrected chi connectivity index (χ2v) is 5.10. The van der Waals surface area contributed by atoms with Gasteiger partial charge in [0, 0.05) is 5.56 Å². The molecule has 0 saturated carbocycles. The molecule has 1 aromatic carbocycles. The van der Waals surface area contributed by atoms with Crippen molar-refractivity contribution in [2.45, 2.75) is 20.3 Å². The summed E-state index contributed by atoms with van der Waals surface area (Å²) in [6.45, 7) is 4.39. The lowest BCUT2D eigenvalue weighted by molar-refractivity contribution is 0.647. The summed E-state index contributed by atoms with van der Waals surface area (Å²) in [6.07, 6.45) is 2.47. The molecule has 1 heterocycles. The van der Waals surface area contributed by atoms with E-state index in [1.165, 1.54) is 11.9 Å². The van der Waals surface area contributed by atoms with Crippen LogP contribution in [0.15, 0.2) is 30.6 Å². The standard InChI is InChI=1S/C14H16ClN3/c1-9(2)6-10-4-3-5-11(7-10)13-12(15)14(16)18-8-17-13/h3-5,7-9H,6H2,1-2H3,(H2,16,17,18). The van der Waals surface area contributed by atoms with E-state index < -0.39 is 0 Å². The van der Waals surface area contributed by atoms with Gasteiger partial charge >= 0.3 is 0 Å². The lowest BCUT2D eigenvalue weighted by atomic mass is 10.00. The molecule has 2 N–H and O–H groups in total. The molecule has 0 fully saturated rings. The van der Waals surface area contributed by atoms with Crippen LogP contribution in [0.4, 0.5) is 5.82 Å². The van der Waals surface area contributed by atoms with E-state index in [2.05, 4.69) is 35.9 Å². The molecule has 0 unspecified atom stereocenters. The number of hydrogen-bond acceptors (Lipinski definition) is 3. The van der Waals surface area contributed by atoms with Crippen molar-refractivity contribution < 1.29 is 0 Å². The van der Waals surface area contributed by atoms with E-state index in [0.717, 1.165) is 12.0 Å². The van der Waals surface area contributed by atoms with Crippen LogP contribution in [0.3, 0.4) is 0 Å². The molecule has 0 aliphatic carbocycles. The molecule has 2 rings (SSSR count). The molecule has 0 spiro atoms. The van der Waals surface area contributed by atoms with Crippen LogP contribution < -0.4 is 5.73 Å². The van der Waals surface area contributed by atoms with Crippen molar-refractivity contribution in [1.29, 1.82) is 0 Å². The zero-order chi connectivity index (χ0) is 13.1. The topological polar surface area (TPSA) is 51.8 Å². The van der Waals surface area contributed by atoms with Gasteiger partial charge in [-0.25, -0.2) is 9.97 Å². The van der Waals surface area contributed by atoms with E-state index in [0.29, 0.717) is 22.5 Å². The highest BCUT2D eigenvalue weighted by atomic mass is 35.5. The Morgan fingerprint density at radius 2 is 2.06 bits per heavy atom. The van der Waals surface area contributed by atoms with Crippen LogP contribution in [0.25, 0.3) is 11.3 Å². The van der Waals surface area contributed by atoms with Gasteiger partial charge in [-0.15, -0.1) is 0 Å². The predicted molar refractivity (Wildman–Crippen MR) is 75.4 cm³/mol. The van der Waals surface area contributed by atoms with E-state index in [4.69, 9.17) is 17.3 Å². The van der Waals surface area contributed by atoms with E-state index in [1.54, 1.807) is 0 Å². The van der Waals surface area contributed by atoms with Crippen LogP contribution >= 0.6 is 11.6 Å². The summed E-state index contributed by atoms with van der Waals surface area (Å²) in [4.78, 5) is 8.08. The van der Waals surface area contributed by atoms with Crippen LogP contribution in [0.5, 0.6) is 0 Å². The van der Waals surface area contributed by atoms with Crippen LogP contribution in [0, 0.1) is 5.92 Å². The molecule has 0 radical (unpaired) electrons. The van der Waals surface area contributed by atoms with Crippen molar-refractivity contribution in [3.05, 3.63) is 41.2 Å². The van der Waals surface area contributed by atoms with Gasteiger partial charge in [0.25, 0.3) is 0 Å². The van der Waals surface area contributed by atoms with Gasteiger partial charge in [0.05, 0.1) is 5.69 Å². The first-order valence-electron chi connectivity index (χ1n) is 5.93. The maximum absolute atomic E-state index is 6.14. The Hall–Kier alpha value is -1.61. The first-order chi connectivity index (χ1) is 8.58. The SMILES string of the molecule is CC(C)Cc1cccc(-c2ncnc(N)c2Cl)c1. The van der Waals surface area contributed by atoms with Crippen molar-refractivity contribution in [3.8, 4) is 11.3 Å². The van der Waals surface area contributed by atoms with Gasteiger partial charge in [-0.3, -0.25) is 0 Å². The number of nitrogens with zero attached hydrogens (tertiary/aromatic N) is 2. The molecule has 4 heteroatoms. The molecule has 1 aromatic heterocycles. The lowest BCUT2D eigenvalue weighted by Gasteiger charge is -2.08. The zero-order valence-electron chi connectivity index (χ0n) is 10.5. The molecule has 0 atom stereocenters. The molecular weight excluding hydrogens is 246 g/mol. The van der Waals surface area contributed by atoms with E-state index in [-0.39, 0.29) is 0 Å². The Bertz CT molecular complexity index is 552. The zero-order valence-corrected chi connectivity index (χ0v) is 11.3. The van der Waals surface area contributed by atoms with E-state index in [1.807, 2.05) is 12.1 Å². The fourth-order valence-corrected chi connectivity index (χ4v) is 2.11. The third-order valence-electron chi connectivity index (χ3n) is 2.66. The minimum atomic E-state index is 0.316. The summed E-state index contributed by atoms with van der Waals surface area (Å²) in [7, 11) is 0. The quantitative estimate of drug-likeness (QED) is 0.919. The van der Waals surface area contributed by atoms with Crippen molar-refractivity contribution in [3.63, 3.8) is 0 Å². The number of anilines is 1. The number of aromatic nitrogens is 2. The van der Waals surface area contributed by atoms with Crippen LogP contribution in [0.1, 0.15) is 19.4 Å². The van der Waals surface area contributed by atoms with Crippen molar-refractivity contribution in [1.82, 2.24) is 9.97 Å². The highest BCUT2D eigenvalue weighted by molar-refractivity contribution is 6.35. The summed E-state index contributed by atoms with van der Waals surface area (Å²) in [5.74, 6) is 0.933. The number of nitrogens with two attached hydrogens (primary N) is 1. The maximum Gasteiger partial charge on any atom is 0.146 e. The summed E-state index contributed by atoms with van der Waals surface area (Å²) in [5.41, 5.74) is 8.64. The average Bonchev–Trinajstić information content (AvgIpc) is 2.32. The summed E-state index contributed by atoms with van der Waals surface area (Å²) < 4.78 is 0. The fourth-order valence-electron chi connectivity index (χ4n) is 1.90. The largest absolute Gasteiger partial charge is 0.382 e. The van der Waals surface area contributed by atoms with Gasteiger partial charge in [-0.1, -0.05) is 43.6 Å². The van der Waals surface area contributed by atoms with E-state index >= 15 is 0 Å². The second kappa shape index (κ2) is 5.36. The number of rotatable bonds is 3. The lowest BCUT2D eigenvalue weighted by Crippen LogP contribution is -1.97. The second-order valence-electron chi connectivity index (χ2n) is 4.72. The predicted octanol–water partition coefficient (Wildman–Crippen LogP) is 3.58. The molecule has 0 aliphatic heterocycles. The minimum absolute atomic E-state index is 0.316. The van der Waals surface area contributed by atoms with Crippen molar-refractivity contribution in [2.24, 2.45) is 5.92 Å². The third kappa shape index (κ3) is 2.79. The molecule has 3 nitrogen and oxygen atoms in total. The van der Waals surface area contributed by atoms with Crippen molar-refractivity contribution in [2.75, 3.05) is 5.73 Å². The monoisotopic (exact) mass is 261 g/mol. The van der Waals surface area contributed by atoms with Gasteiger partial charge in [0.1, 0.15) is 17.2 Å². The van der Waals surface area contributed by atoms with Crippen LogP contribution in [0.2, 0.25) is 5.02 Å². The van der Waals surface area contributed by atoms with Gasteiger partial charge in [-0.05, 0) is 24.0 Å². The Labute approximate surface area is 112 Å². The first kappa shape index (κ1) is 12.8. The summed E-state index contributed by atoms with van der Waals surface area (Å²) in [5, 5.41) is 0.416. The Kier molecular flexibility index (Phi) is 3.82. The molecule has 2 aromatic rings. The number of hydrogen-bond donors (Lipinski definition) is 1. The van der Waals surface area contributed by atoms with Gasteiger partial charge in [0.2, 0.25) is 0 Å². The highest BCUT2D eigenvalue weighted by Gasteiger charge is 2.09. The van der Waals surface area contributed by atoms with Gasteiger partial charge < -0.3 is 5.73 Å². The molecule has 0 saturated heterocycles. The molecule has 0 aliphatic rings. The van der Waals surface area contributed by atoms with Gasteiger partial charge in [0.15, 0.2) is 0 Å². The number of nitrogen functional groups attached to an aromatic ring is 1. The normalized spacial score (nSPS) is 10.9. The van der Waals surface area contributed by atoms with Gasteiger partial charge in [-0.2, -0.15) is 0 Å². The highest BCUT2D eigenvalue weighted by Crippen LogP contribution is 2.29. The number of halogens is 1. The fraction of sp³-hybridized carbons (Fsp3) is 0.286. The minimum Gasteiger partial charge on any atom is -0.382 e. The van der Waals surface area contributed by atoms with Crippen LogP contribution in [-0.4, -0.2) is 9.97 Å². The summed E-state index contributed by atoms with van der Waals surface area (Å²) in [6, 6.07) is 8.22. The Balaban J connectivity index is 2.41. The smallest absolute Gasteiger partial charge is 0.146 e. The first-order valence-corrected chi connectivity index (χ1v) is 6.31. The molecule has 18 heavy (non-hydrogen) atoms.